The molecule has 0 aliphatic heterocycles. The van der Waals surface area contributed by atoms with Gasteiger partial charge in [0.15, 0.2) is 0 Å². The largest absolute Gasteiger partial charge is 0.439 e. The van der Waals surface area contributed by atoms with Gasteiger partial charge in [-0.3, -0.25) is 9.78 Å². The summed E-state index contributed by atoms with van der Waals surface area (Å²) in [4.78, 5) is 15.0. The number of ether oxygens (including phenoxy) is 1. The standard InChI is InChI=1S/C17H19NO2S/c1-3-13-21-17(20-14(2)19,15-7-5-4-6-8-15)16-9-11-18-12-10-16/h4-12H,3,13H2,1-2H3. The van der Waals surface area contributed by atoms with Gasteiger partial charge in [0.25, 0.3) is 0 Å². The average Bonchev–Trinajstić information content (AvgIpc) is 2.53. The van der Waals surface area contributed by atoms with Crippen LogP contribution in [0, 0.1) is 0 Å². The smallest absolute Gasteiger partial charge is 0.304 e. The zero-order valence-corrected chi connectivity index (χ0v) is 13.1. The maximum atomic E-state index is 11.7. The molecule has 4 heteroatoms. The van der Waals surface area contributed by atoms with Gasteiger partial charge in [-0.2, -0.15) is 0 Å². The molecule has 0 radical (unpaired) electrons. The van der Waals surface area contributed by atoms with E-state index in [1.54, 1.807) is 24.2 Å². The molecule has 1 heterocycles. The molecule has 3 nitrogen and oxygen atoms in total. The lowest BCUT2D eigenvalue weighted by Gasteiger charge is -2.33. The van der Waals surface area contributed by atoms with Gasteiger partial charge in [0, 0.05) is 30.4 Å². The summed E-state index contributed by atoms with van der Waals surface area (Å²) < 4.78 is 5.81. The Morgan fingerprint density at radius 3 is 2.33 bits per heavy atom. The number of pyridine rings is 1. The Morgan fingerprint density at radius 1 is 1.14 bits per heavy atom. The van der Waals surface area contributed by atoms with Crippen molar-refractivity contribution in [1.29, 1.82) is 0 Å². The fourth-order valence-electron chi connectivity index (χ4n) is 2.16. The molecule has 0 amide bonds. The van der Waals surface area contributed by atoms with E-state index >= 15 is 0 Å². The molecule has 21 heavy (non-hydrogen) atoms. The van der Waals surface area contributed by atoms with Crippen molar-refractivity contribution in [3.8, 4) is 0 Å². The Hall–Kier alpha value is -1.81. The first-order valence-electron chi connectivity index (χ1n) is 6.98. The van der Waals surface area contributed by atoms with Crippen LogP contribution in [0.15, 0.2) is 54.9 Å². The highest BCUT2D eigenvalue weighted by Gasteiger charge is 2.38. The number of esters is 1. The Labute approximate surface area is 129 Å². The molecule has 0 N–H and O–H groups in total. The highest BCUT2D eigenvalue weighted by Crippen LogP contribution is 2.44. The van der Waals surface area contributed by atoms with E-state index in [1.807, 2.05) is 42.5 Å². The summed E-state index contributed by atoms with van der Waals surface area (Å²) >= 11 is 1.63. The number of benzene rings is 1. The van der Waals surface area contributed by atoms with Crippen LogP contribution in [0.4, 0.5) is 0 Å². The molecule has 2 rings (SSSR count). The van der Waals surface area contributed by atoms with Crippen molar-refractivity contribution < 1.29 is 9.53 Å². The molecule has 1 unspecified atom stereocenters. The molecule has 0 aliphatic carbocycles. The zero-order chi connectivity index (χ0) is 15.1. The summed E-state index contributed by atoms with van der Waals surface area (Å²) in [5, 5.41) is 0. The van der Waals surface area contributed by atoms with Crippen LogP contribution < -0.4 is 0 Å². The molecule has 1 aromatic carbocycles. The molecule has 2 aromatic rings. The van der Waals surface area contributed by atoms with Crippen molar-refractivity contribution in [2.75, 3.05) is 5.75 Å². The second-order valence-electron chi connectivity index (χ2n) is 4.66. The van der Waals surface area contributed by atoms with Crippen LogP contribution in [0.3, 0.4) is 0 Å². The minimum atomic E-state index is -0.813. The zero-order valence-electron chi connectivity index (χ0n) is 12.3. The maximum absolute atomic E-state index is 11.7. The minimum Gasteiger partial charge on any atom is -0.439 e. The van der Waals surface area contributed by atoms with E-state index in [0.717, 1.165) is 23.3 Å². The number of hydrogen-bond donors (Lipinski definition) is 0. The Balaban J connectivity index is 2.56. The van der Waals surface area contributed by atoms with Gasteiger partial charge in [0.2, 0.25) is 4.93 Å². The van der Waals surface area contributed by atoms with Gasteiger partial charge in [-0.25, -0.2) is 0 Å². The predicted molar refractivity (Wildman–Crippen MR) is 86.0 cm³/mol. The lowest BCUT2D eigenvalue weighted by Crippen LogP contribution is -2.30. The van der Waals surface area contributed by atoms with Crippen molar-refractivity contribution >= 4 is 17.7 Å². The summed E-state index contributed by atoms with van der Waals surface area (Å²) in [5.74, 6) is 0.601. The minimum absolute atomic E-state index is 0.292. The monoisotopic (exact) mass is 301 g/mol. The van der Waals surface area contributed by atoms with Crippen LogP contribution in [0.1, 0.15) is 31.4 Å². The Morgan fingerprint density at radius 2 is 1.76 bits per heavy atom. The van der Waals surface area contributed by atoms with Crippen LogP contribution >= 0.6 is 11.8 Å². The summed E-state index contributed by atoms with van der Waals surface area (Å²) in [5.41, 5.74) is 1.89. The van der Waals surface area contributed by atoms with E-state index in [4.69, 9.17) is 4.74 Å². The normalized spacial score (nSPS) is 13.4. The molecule has 0 aliphatic rings. The first kappa shape index (κ1) is 15.6. The summed E-state index contributed by atoms with van der Waals surface area (Å²) in [7, 11) is 0. The number of carbonyl (C=O) groups is 1. The number of carbonyl (C=O) groups excluding carboxylic acids is 1. The van der Waals surface area contributed by atoms with Crippen molar-refractivity contribution in [1.82, 2.24) is 4.98 Å². The molecule has 0 bridgehead atoms. The highest BCUT2D eigenvalue weighted by molar-refractivity contribution is 8.00. The fraction of sp³-hybridized carbons (Fsp3) is 0.294. The lowest BCUT2D eigenvalue weighted by atomic mass is 10.0. The van der Waals surface area contributed by atoms with Crippen molar-refractivity contribution in [3.63, 3.8) is 0 Å². The van der Waals surface area contributed by atoms with E-state index < -0.39 is 4.93 Å². The maximum Gasteiger partial charge on any atom is 0.304 e. The van der Waals surface area contributed by atoms with Crippen molar-refractivity contribution in [2.24, 2.45) is 0 Å². The second-order valence-corrected chi connectivity index (χ2v) is 5.93. The topological polar surface area (TPSA) is 39.2 Å². The van der Waals surface area contributed by atoms with E-state index in [0.29, 0.717) is 0 Å². The fourth-order valence-corrected chi connectivity index (χ4v) is 3.43. The lowest BCUT2D eigenvalue weighted by molar-refractivity contribution is -0.147. The molecule has 0 saturated heterocycles. The summed E-state index contributed by atoms with van der Waals surface area (Å²) in [6.45, 7) is 3.56. The second kappa shape index (κ2) is 7.27. The molecule has 110 valence electrons. The quantitative estimate of drug-likeness (QED) is 0.597. The Bertz CT molecular complexity index is 532. The first-order valence-corrected chi connectivity index (χ1v) is 7.97. The van der Waals surface area contributed by atoms with Crippen LogP contribution in [0.5, 0.6) is 0 Å². The van der Waals surface area contributed by atoms with Gasteiger partial charge >= 0.3 is 5.97 Å². The third-order valence-corrected chi connectivity index (χ3v) is 4.58. The van der Waals surface area contributed by atoms with E-state index in [9.17, 15) is 4.79 Å². The van der Waals surface area contributed by atoms with Gasteiger partial charge in [-0.05, 0) is 24.3 Å². The number of thioether (sulfide) groups is 1. The van der Waals surface area contributed by atoms with Gasteiger partial charge in [-0.15, -0.1) is 11.8 Å². The van der Waals surface area contributed by atoms with Crippen LogP contribution in [0.25, 0.3) is 0 Å². The molecule has 1 atom stereocenters. The Kier molecular flexibility index (Phi) is 5.39. The molecular formula is C17H19NO2S. The summed E-state index contributed by atoms with van der Waals surface area (Å²) in [6, 6.07) is 13.7. The van der Waals surface area contributed by atoms with E-state index in [2.05, 4.69) is 11.9 Å². The highest BCUT2D eigenvalue weighted by atomic mass is 32.2. The van der Waals surface area contributed by atoms with Gasteiger partial charge < -0.3 is 4.74 Å². The predicted octanol–water partition coefficient (Wildman–Crippen LogP) is 3.99. The van der Waals surface area contributed by atoms with E-state index in [-0.39, 0.29) is 5.97 Å². The van der Waals surface area contributed by atoms with Gasteiger partial charge in [0.05, 0.1) is 0 Å². The molecule has 0 saturated carbocycles. The molecule has 0 spiro atoms. The molecule has 0 fully saturated rings. The molecule has 1 aromatic heterocycles. The van der Waals surface area contributed by atoms with Crippen molar-refractivity contribution in [3.05, 3.63) is 66.0 Å². The van der Waals surface area contributed by atoms with E-state index in [1.165, 1.54) is 6.92 Å². The number of hydrogen-bond acceptors (Lipinski definition) is 4. The third-order valence-electron chi connectivity index (χ3n) is 3.01. The van der Waals surface area contributed by atoms with Gasteiger partial charge in [-0.1, -0.05) is 37.3 Å². The number of rotatable bonds is 6. The molecular weight excluding hydrogens is 282 g/mol. The third kappa shape index (κ3) is 3.64. The average molecular weight is 301 g/mol. The number of aromatic nitrogens is 1. The first-order chi connectivity index (χ1) is 10.2. The van der Waals surface area contributed by atoms with Crippen molar-refractivity contribution in [2.45, 2.75) is 25.2 Å². The van der Waals surface area contributed by atoms with Crippen LogP contribution in [0.2, 0.25) is 0 Å². The van der Waals surface area contributed by atoms with Gasteiger partial charge in [0.1, 0.15) is 0 Å². The van der Waals surface area contributed by atoms with Crippen LogP contribution in [-0.4, -0.2) is 16.7 Å². The summed E-state index contributed by atoms with van der Waals surface area (Å²) in [6.07, 6.45) is 4.46. The number of nitrogens with zero attached hydrogens (tertiary/aromatic N) is 1. The van der Waals surface area contributed by atoms with Crippen LogP contribution in [-0.2, 0) is 14.5 Å². The SMILES string of the molecule is CCCSC(OC(C)=O)(c1ccccc1)c1ccncc1.